The fourth-order valence-electron chi connectivity index (χ4n) is 6.41. The number of carboxylic acid groups (broad SMARTS) is 2. The van der Waals surface area contributed by atoms with Gasteiger partial charge in [-0.2, -0.15) is 0 Å². The van der Waals surface area contributed by atoms with Gasteiger partial charge in [-0.3, -0.25) is 9.59 Å². The first kappa shape index (κ1) is 25.9. The Hall–Kier alpha value is -3.68. The first-order valence-electron chi connectivity index (χ1n) is 12.1. The van der Waals surface area contributed by atoms with Crippen molar-refractivity contribution in [1.82, 2.24) is 4.90 Å². The molecule has 0 radical (unpaired) electrons. The van der Waals surface area contributed by atoms with Crippen molar-refractivity contribution >= 4 is 23.9 Å². The molecule has 13 heteroatoms. The number of rotatable bonds is 8. The molecule has 4 aliphatic rings. The fraction of sp³-hybridized carbons (Fsp3) is 0.520. The molecule has 0 amide bonds. The second kappa shape index (κ2) is 8.96. The van der Waals surface area contributed by atoms with E-state index in [1.54, 1.807) is 6.07 Å². The van der Waals surface area contributed by atoms with Gasteiger partial charge in [-0.25, -0.2) is 9.59 Å². The molecular formula is C25H27NO12. The van der Waals surface area contributed by atoms with Crippen molar-refractivity contribution in [3.63, 3.8) is 0 Å². The van der Waals surface area contributed by atoms with Crippen LogP contribution in [-0.2, 0) is 40.5 Å². The van der Waals surface area contributed by atoms with Crippen LogP contribution in [0.25, 0.3) is 0 Å². The summed E-state index contributed by atoms with van der Waals surface area (Å²) in [4.78, 5) is 48.8. The summed E-state index contributed by atoms with van der Waals surface area (Å²) in [5.74, 6) is -5.64. The molecule has 13 nitrogen and oxygen atoms in total. The normalized spacial score (nSPS) is 30.2. The van der Waals surface area contributed by atoms with Crippen molar-refractivity contribution in [2.75, 3.05) is 13.6 Å². The van der Waals surface area contributed by atoms with Crippen LogP contribution < -0.4 is 4.74 Å². The molecule has 0 aromatic heterocycles. The molecule has 1 saturated heterocycles. The Morgan fingerprint density at radius 2 is 1.95 bits per heavy atom. The molecule has 5 N–H and O–H groups in total. The number of phenols is 1. The predicted octanol–water partition coefficient (Wildman–Crippen LogP) is -0.565. The van der Waals surface area contributed by atoms with Gasteiger partial charge in [-0.1, -0.05) is 6.07 Å². The van der Waals surface area contributed by atoms with Crippen LogP contribution in [0.2, 0.25) is 0 Å². The lowest BCUT2D eigenvalue weighted by atomic mass is 9.50. The van der Waals surface area contributed by atoms with Crippen LogP contribution in [-0.4, -0.2) is 97.9 Å². The number of aliphatic hydroxyl groups excluding tert-OH is 1. The van der Waals surface area contributed by atoms with Crippen molar-refractivity contribution in [3.05, 3.63) is 35.1 Å². The van der Waals surface area contributed by atoms with Crippen LogP contribution in [0, 0.1) is 0 Å². The summed E-state index contributed by atoms with van der Waals surface area (Å²) in [6.45, 7) is 0.619. The minimum Gasteiger partial charge on any atom is -0.504 e. The number of aliphatic carboxylic acids is 2. The maximum absolute atomic E-state index is 12.7. The molecule has 0 unspecified atom stereocenters. The number of phenolic OH excluding ortho intramolecular Hbond substituents is 1. The third kappa shape index (κ3) is 3.72. The minimum atomic E-state index is -2.11. The molecule has 1 aromatic carbocycles. The SMILES string of the molecule is CN1CC[C@]23c4c5ccc(O)c4O[C@H]2C(OC(=O)C[C@H](O)C(=O)O[C@@H](CC(=O)O)C(=O)O)=CC[C@@]3(O)[C@@H]1C5. The molecule has 6 atom stereocenters. The Balaban J connectivity index is 1.36. The lowest BCUT2D eigenvalue weighted by Crippen LogP contribution is -2.74. The maximum Gasteiger partial charge on any atom is 0.345 e. The number of piperidine rings is 1. The number of carboxylic acids is 2. The van der Waals surface area contributed by atoms with Gasteiger partial charge >= 0.3 is 23.9 Å². The van der Waals surface area contributed by atoms with Crippen molar-refractivity contribution in [1.29, 1.82) is 0 Å². The average Bonchev–Trinajstić information content (AvgIpc) is 3.20. The van der Waals surface area contributed by atoms with Gasteiger partial charge in [-0.15, -0.1) is 0 Å². The largest absolute Gasteiger partial charge is 0.504 e. The third-order valence-corrected chi connectivity index (χ3v) is 8.11. The Bertz CT molecular complexity index is 1260. The second-order valence-electron chi connectivity index (χ2n) is 10.2. The number of carbonyl (C=O) groups excluding carboxylic acids is 2. The number of likely N-dealkylation sites (N-methyl/N-ethyl adjacent to an activating group) is 1. The molecule has 38 heavy (non-hydrogen) atoms. The molecule has 2 aliphatic heterocycles. The van der Waals surface area contributed by atoms with Crippen LogP contribution in [0.3, 0.4) is 0 Å². The van der Waals surface area contributed by atoms with Crippen LogP contribution in [0.5, 0.6) is 11.5 Å². The summed E-state index contributed by atoms with van der Waals surface area (Å²) in [7, 11) is 1.93. The predicted molar refractivity (Wildman–Crippen MR) is 123 cm³/mol. The highest BCUT2D eigenvalue weighted by molar-refractivity contribution is 5.86. The first-order chi connectivity index (χ1) is 17.9. The van der Waals surface area contributed by atoms with Gasteiger partial charge in [0, 0.05) is 18.0 Å². The van der Waals surface area contributed by atoms with Crippen molar-refractivity contribution in [2.45, 2.75) is 67.5 Å². The van der Waals surface area contributed by atoms with Crippen LogP contribution in [0.1, 0.15) is 36.8 Å². The summed E-state index contributed by atoms with van der Waals surface area (Å²) in [5.41, 5.74) is -0.662. The zero-order valence-electron chi connectivity index (χ0n) is 20.3. The summed E-state index contributed by atoms with van der Waals surface area (Å²) < 4.78 is 16.2. The lowest BCUT2D eigenvalue weighted by molar-refractivity contribution is -0.176. The minimum absolute atomic E-state index is 0.0567. The van der Waals surface area contributed by atoms with E-state index in [9.17, 15) is 34.5 Å². The molecule has 2 bridgehead atoms. The van der Waals surface area contributed by atoms with E-state index < -0.39 is 66.0 Å². The number of hydrogen-bond donors (Lipinski definition) is 5. The Morgan fingerprint density at radius 1 is 1.21 bits per heavy atom. The molecule has 1 spiro atoms. The average molecular weight is 533 g/mol. The zero-order chi connectivity index (χ0) is 27.6. The van der Waals surface area contributed by atoms with E-state index in [0.29, 0.717) is 24.9 Å². The standard InChI is InChI=1S/C25H27NO12/c1-26-7-6-24-19-11-2-3-12(27)20(19)38-21(24)14(4-5-25(24,35)16(26)8-11)36-18(31)9-13(28)23(34)37-15(22(32)33)10-17(29)30/h2-4,13,15-16,21,27-28,35H,5-10H2,1H3,(H,29,30)(H,32,33)/t13-,15-,16-,21-,24-,25+/m0/s1. The highest BCUT2D eigenvalue weighted by Gasteiger charge is 2.72. The Morgan fingerprint density at radius 3 is 2.63 bits per heavy atom. The summed E-state index contributed by atoms with van der Waals surface area (Å²) in [5, 5.41) is 50.5. The topological polar surface area (TPSA) is 200 Å². The monoisotopic (exact) mass is 533 g/mol. The molecule has 5 rings (SSSR count). The molecular weight excluding hydrogens is 506 g/mol. The fourth-order valence-corrected chi connectivity index (χ4v) is 6.41. The highest BCUT2D eigenvalue weighted by Crippen LogP contribution is 2.65. The van der Waals surface area contributed by atoms with Crippen molar-refractivity contribution < 1.29 is 58.9 Å². The van der Waals surface area contributed by atoms with Crippen LogP contribution in [0.4, 0.5) is 0 Å². The number of carbonyl (C=O) groups is 4. The summed E-state index contributed by atoms with van der Waals surface area (Å²) >= 11 is 0. The van der Waals surface area contributed by atoms with Crippen LogP contribution in [0.15, 0.2) is 24.0 Å². The van der Waals surface area contributed by atoms with Crippen molar-refractivity contribution in [3.8, 4) is 11.5 Å². The number of likely N-dealkylation sites (tertiary alicyclic amines) is 1. The van der Waals surface area contributed by atoms with Gasteiger partial charge in [0.1, 0.15) is 5.76 Å². The molecule has 204 valence electrons. The second-order valence-corrected chi connectivity index (χ2v) is 10.2. The highest BCUT2D eigenvalue weighted by atomic mass is 16.6. The quantitative estimate of drug-likeness (QED) is 0.266. The molecule has 1 aromatic rings. The Labute approximate surface area is 215 Å². The number of aromatic hydroxyl groups is 1. The zero-order valence-corrected chi connectivity index (χ0v) is 20.3. The van der Waals surface area contributed by atoms with Crippen LogP contribution >= 0.6 is 0 Å². The number of esters is 2. The van der Waals surface area contributed by atoms with Gasteiger partial charge in [0.2, 0.25) is 6.10 Å². The van der Waals surface area contributed by atoms with Gasteiger partial charge < -0.3 is 44.6 Å². The van der Waals surface area contributed by atoms with Gasteiger partial charge in [0.15, 0.2) is 23.7 Å². The number of benzene rings is 1. The van der Waals surface area contributed by atoms with Gasteiger partial charge in [-0.05, 0) is 44.1 Å². The van der Waals surface area contributed by atoms with Gasteiger partial charge in [0.05, 0.1) is 23.9 Å². The maximum atomic E-state index is 12.7. The summed E-state index contributed by atoms with van der Waals surface area (Å²) in [6, 6.07) is 3.08. The lowest BCUT2D eigenvalue weighted by Gasteiger charge is -2.61. The third-order valence-electron chi connectivity index (χ3n) is 8.11. The van der Waals surface area contributed by atoms with E-state index >= 15 is 0 Å². The van der Waals surface area contributed by atoms with E-state index in [-0.39, 0.29) is 29.7 Å². The van der Waals surface area contributed by atoms with E-state index in [0.717, 1.165) is 5.56 Å². The van der Waals surface area contributed by atoms with E-state index in [2.05, 4.69) is 9.64 Å². The molecule has 2 heterocycles. The number of ether oxygens (including phenoxy) is 3. The first-order valence-corrected chi connectivity index (χ1v) is 12.1. The molecule has 1 fully saturated rings. The number of nitrogens with zero attached hydrogens (tertiary/aromatic N) is 1. The number of hydrogen-bond acceptors (Lipinski definition) is 11. The summed E-state index contributed by atoms with van der Waals surface area (Å²) in [6.07, 6.45) is -4.40. The van der Waals surface area contributed by atoms with E-state index in [1.165, 1.54) is 12.1 Å². The molecule has 0 saturated carbocycles. The van der Waals surface area contributed by atoms with Gasteiger partial charge in [0.25, 0.3) is 0 Å². The van der Waals surface area contributed by atoms with Crippen molar-refractivity contribution in [2.24, 2.45) is 0 Å². The Kier molecular flexibility index (Phi) is 6.12. The van der Waals surface area contributed by atoms with E-state index in [4.69, 9.17) is 19.7 Å². The van der Waals surface area contributed by atoms with E-state index in [1.807, 2.05) is 7.05 Å². The smallest absolute Gasteiger partial charge is 0.345 e. The number of aliphatic hydroxyl groups is 2. The molecule has 2 aliphatic carbocycles.